The molecule has 0 heterocycles. The Morgan fingerprint density at radius 2 is 2.16 bits per heavy atom. The lowest BCUT2D eigenvalue weighted by Gasteiger charge is -2.22. The minimum Gasteiger partial charge on any atom is -0.383 e. The number of hydrogen-bond donors (Lipinski definition) is 1. The molecule has 0 aromatic heterocycles. The number of nitrogens with one attached hydrogen (secondary N) is 1. The molecule has 6 heteroatoms. The highest BCUT2D eigenvalue weighted by Crippen LogP contribution is 2.24. The molecule has 0 fully saturated rings. The number of halogens is 3. The molecular formula is C13H19BrF2N2O. The van der Waals surface area contributed by atoms with Gasteiger partial charge in [-0.1, -0.05) is 15.9 Å². The molecule has 19 heavy (non-hydrogen) atoms. The summed E-state index contributed by atoms with van der Waals surface area (Å²) in [7, 11) is 3.32. The van der Waals surface area contributed by atoms with Crippen LogP contribution in [0.25, 0.3) is 0 Å². The maximum atomic E-state index is 12.5. The van der Waals surface area contributed by atoms with Gasteiger partial charge in [0.15, 0.2) is 0 Å². The Morgan fingerprint density at radius 3 is 2.79 bits per heavy atom. The van der Waals surface area contributed by atoms with Crippen molar-refractivity contribution < 1.29 is 13.5 Å². The second-order valence-electron chi connectivity index (χ2n) is 4.21. The highest BCUT2D eigenvalue weighted by Gasteiger charge is 2.12. The summed E-state index contributed by atoms with van der Waals surface area (Å²) in [6, 6.07) is 5.65. The number of methoxy groups -OCH3 is 1. The lowest BCUT2D eigenvalue weighted by atomic mass is 10.1. The van der Waals surface area contributed by atoms with Gasteiger partial charge in [0.25, 0.3) is 6.43 Å². The first-order valence-electron chi connectivity index (χ1n) is 6.02. The molecule has 0 saturated carbocycles. The normalized spacial score (nSPS) is 11.1. The van der Waals surface area contributed by atoms with Crippen molar-refractivity contribution in [2.24, 2.45) is 0 Å². The summed E-state index contributed by atoms with van der Waals surface area (Å²) >= 11 is 3.40. The standard InChI is InChI=1S/C13H19BrF2N2O/c1-18(9-13(15)16)12-4-3-11(14)7-10(12)8-17-5-6-19-2/h3-4,7,13,17H,5-6,8-9H2,1-2H3. The van der Waals surface area contributed by atoms with Crippen LogP contribution in [0.3, 0.4) is 0 Å². The number of anilines is 1. The second kappa shape index (κ2) is 8.45. The van der Waals surface area contributed by atoms with E-state index in [1.807, 2.05) is 18.2 Å². The third kappa shape index (κ3) is 5.84. The molecule has 0 bridgehead atoms. The van der Waals surface area contributed by atoms with Crippen molar-refractivity contribution in [2.45, 2.75) is 13.0 Å². The highest BCUT2D eigenvalue weighted by atomic mass is 79.9. The molecule has 0 aliphatic heterocycles. The van der Waals surface area contributed by atoms with Crippen LogP contribution >= 0.6 is 15.9 Å². The molecule has 0 unspecified atom stereocenters. The number of benzene rings is 1. The predicted octanol–water partition coefficient (Wildman–Crippen LogP) is 2.89. The summed E-state index contributed by atoms with van der Waals surface area (Å²) in [4.78, 5) is 1.57. The lowest BCUT2D eigenvalue weighted by Crippen LogP contribution is -2.26. The number of alkyl halides is 2. The first-order valence-corrected chi connectivity index (χ1v) is 6.81. The predicted molar refractivity (Wildman–Crippen MR) is 77.0 cm³/mol. The average Bonchev–Trinajstić information content (AvgIpc) is 2.34. The van der Waals surface area contributed by atoms with E-state index < -0.39 is 6.43 Å². The van der Waals surface area contributed by atoms with E-state index >= 15 is 0 Å². The molecule has 1 N–H and O–H groups in total. The van der Waals surface area contributed by atoms with Crippen molar-refractivity contribution in [3.05, 3.63) is 28.2 Å². The summed E-state index contributed by atoms with van der Waals surface area (Å²) in [5, 5.41) is 3.22. The van der Waals surface area contributed by atoms with Gasteiger partial charge in [-0.05, 0) is 23.8 Å². The summed E-state index contributed by atoms with van der Waals surface area (Å²) in [5.74, 6) is 0. The highest BCUT2D eigenvalue weighted by molar-refractivity contribution is 9.10. The Kier molecular flexibility index (Phi) is 7.27. The van der Waals surface area contributed by atoms with Gasteiger partial charge in [0.05, 0.1) is 13.2 Å². The summed E-state index contributed by atoms with van der Waals surface area (Å²) in [5.41, 5.74) is 1.79. The zero-order chi connectivity index (χ0) is 14.3. The van der Waals surface area contributed by atoms with Crippen LogP contribution in [0.5, 0.6) is 0 Å². The van der Waals surface area contributed by atoms with E-state index in [9.17, 15) is 8.78 Å². The summed E-state index contributed by atoms with van der Waals surface area (Å²) in [6.07, 6.45) is -2.34. The third-order valence-electron chi connectivity index (χ3n) is 2.66. The molecule has 1 aromatic carbocycles. The fourth-order valence-corrected chi connectivity index (χ4v) is 2.18. The van der Waals surface area contributed by atoms with Gasteiger partial charge in [-0.3, -0.25) is 0 Å². The topological polar surface area (TPSA) is 24.5 Å². The van der Waals surface area contributed by atoms with Crippen molar-refractivity contribution in [1.29, 1.82) is 0 Å². The molecule has 108 valence electrons. The van der Waals surface area contributed by atoms with Gasteiger partial charge in [-0.25, -0.2) is 8.78 Å². The Morgan fingerprint density at radius 1 is 1.42 bits per heavy atom. The number of rotatable bonds is 8. The molecule has 0 amide bonds. The van der Waals surface area contributed by atoms with E-state index in [1.54, 1.807) is 19.1 Å². The van der Waals surface area contributed by atoms with Gasteiger partial charge >= 0.3 is 0 Å². The molecular weight excluding hydrogens is 318 g/mol. The summed E-state index contributed by atoms with van der Waals surface area (Å²) in [6.45, 7) is 1.69. The van der Waals surface area contributed by atoms with Gasteiger partial charge in [-0.15, -0.1) is 0 Å². The van der Waals surface area contributed by atoms with E-state index in [2.05, 4.69) is 21.2 Å². The van der Waals surface area contributed by atoms with Crippen molar-refractivity contribution in [2.75, 3.05) is 38.8 Å². The molecule has 0 radical (unpaired) electrons. The molecule has 0 atom stereocenters. The van der Waals surface area contributed by atoms with Crippen LogP contribution in [0, 0.1) is 0 Å². The third-order valence-corrected chi connectivity index (χ3v) is 3.16. The van der Waals surface area contributed by atoms with Crippen molar-refractivity contribution in [3.8, 4) is 0 Å². The van der Waals surface area contributed by atoms with E-state index in [0.29, 0.717) is 13.2 Å². The minimum absolute atomic E-state index is 0.271. The van der Waals surface area contributed by atoms with Crippen LogP contribution in [0.1, 0.15) is 5.56 Å². The smallest absolute Gasteiger partial charge is 0.255 e. The van der Waals surface area contributed by atoms with Crippen LogP contribution in [0.2, 0.25) is 0 Å². The van der Waals surface area contributed by atoms with Crippen LogP contribution < -0.4 is 10.2 Å². The van der Waals surface area contributed by atoms with Crippen LogP contribution in [-0.4, -0.2) is 40.3 Å². The SMILES string of the molecule is COCCNCc1cc(Br)ccc1N(C)CC(F)F. The molecule has 0 saturated heterocycles. The minimum atomic E-state index is -2.34. The van der Waals surface area contributed by atoms with Crippen molar-refractivity contribution >= 4 is 21.6 Å². The molecule has 3 nitrogen and oxygen atoms in total. The van der Waals surface area contributed by atoms with E-state index in [0.717, 1.165) is 22.3 Å². The van der Waals surface area contributed by atoms with Gasteiger partial charge in [-0.2, -0.15) is 0 Å². The fraction of sp³-hybridized carbons (Fsp3) is 0.538. The Bertz CT molecular complexity index is 391. The quantitative estimate of drug-likeness (QED) is 0.739. The monoisotopic (exact) mass is 336 g/mol. The van der Waals surface area contributed by atoms with Crippen LogP contribution in [0.4, 0.5) is 14.5 Å². The molecule has 0 aliphatic carbocycles. The summed E-state index contributed by atoms with van der Waals surface area (Å²) < 4.78 is 30.8. The van der Waals surface area contributed by atoms with Gasteiger partial charge in [0, 0.05) is 37.4 Å². The number of ether oxygens (including phenoxy) is 1. The Hall–Kier alpha value is -0.720. The zero-order valence-corrected chi connectivity index (χ0v) is 12.7. The molecule has 1 rings (SSSR count). The lowest BCUT2D eigenvalue weighted by molar-refractivity contribution is 0.156. The first kappa shape index (κ1) is 16.3. The molecule has 1 aromatic rings. The number of hydrogen-bond acceptors (Lipinski definition) is 3. The maximum absolute atomic E-state index is 12.5. The van der Waals surface area contributed by atoms with Gasteiger partial charge in [0.2, 0.25) is 0 Å². The average molecular weight is 337 g/mol. The Balaban J connectivity index is 2.73. The molecule has 0 aliphatic rings. The van der Waals surface area contributed by atoms with Gasteiger partial charge < -0.3 is 15.0 Å². The van der Waals surface area contributed by atoms with Crippen molar-refractivity contribution in [3.63, 3.8) is 0 Å². The fourth-order valence-electron chi connectivity index (χ4n) is 1.77. The second-order valence-corrected chi connectivity index (χ2v) is 5.13. The van der Waals surface area contributed by atoms with E-state index in [1.165, 1.54) is 0 Å². The Labute approximate surface area is 121 Å². The van der Waals surface area contributed by atoms with Crippen LogP contribution in [0.15, 0.2) is 22.7 Å². The first-order chi connectivity index (χ1) is 9.04. The largest absolute Gasteiger partial charge is 0.383 e. The zero-order valence-electron chi connectivity index (χ0n) is 11.1. The van der Waals surface area contributed by atoms with Crippen molar-refractivity contribution in [1.82, 2.24) is 5.32 Å². The van der Waals surface area contributed by atoms with Crippen LogP contribution in [-0.2, 0) is 11.3 Å². The number of nitrogens with zero attached hydrogens (tertiary/aromatic N) is 1. The van der Waals surface area contributed by atoms with E-state index in [4.69, 9.17) is 4.74 Å². The maximum Gasteiger partial charge on any atom is 0.255 e. The van der Waals surface area contributed by atoms with Gasteiger partial charge in [0.1, 0.15) is 0 Å². The molecule has 0 spiro atoms. The van der Waals surface area contributed by atoms with E-state index in [-0.39, 0.29) is 6.54 Å².